The maximum atomic E-state index is 6.07. The Morgan fingerprint density at radius 2 is 2.11 bits per heavy atom. The molecule has 1 aromatic carbocycles. The zero-order chi connectivity index (χ0) is 13.0. The van der Waals surface area contributed by atoms with Gasteiger partial charge in [0.1, 0.15) is 0 Å². The molecule has 0 atom stereocenters. The summed E-state index contributed by atoms with van der Waals surface area (Å²) >= 11 is 13.3. The number of thioether (sulfide) groups is 1. The average Bonchev–Trinajstić information content (AvgIpc) is 2.76. The van der Waals surface area contributed by atoms with Crippen LogP contribution in [0.15, 0.2) is 27.8 Å². The highest BCUT2D eigenvalue weighted by Crippen LogP contribution is 2.27. The van der Waals surface area contributed by atoms with Crippen molar-refractivity contribution < 1.29 is 4.42 Å². The Labute approximate surface area is 119 Å². The molecule has 4 nitrogen and oxygen atoms in total. The number of hydrogen-bond donors (Lipinski definition) is 1. The lowest BCUT2D eigenvalue weighted by Crippen LogP contribution is -2.02. The molecule has 0 fully saturated rings. The first kappa shape index (κ1) is 13.7. The Morgan fingerprint density at radius 3 is 2.83 bits per heavy atom. The van der Waals surface area contributed by atoms with Crippen LogP contribution in [0.5, 0.6) is 0 Å². The molecule has 0 bridgehead atoms. The molecule has 1 heterocycles. The molecular formula is C11H11Cl2N3OS. The summed E-state index contributed by atoms with van der Waals surface area (Å²) in [5.41, 5.74) is 6.38. The van der Waals surface area contributed by atoms with Crippen molar-refractivity contribution in [1.82, 2.24) is 10.2 Å². The van der Waals surface area contributed by atoms with Crippen molar-refractivity contribution in [1.29, 1.82) is 0 Å². The van der Waals surface area contributed by atoms with Crippen LogP contribution < -0.4 is 5.73 Å². The molecule has 1 aromatic heterocycles. The molecule has 2 rings (SSSR count). The van der Waals surface area contributed by atoms with Crippen LogP contribution in [0.1, 0.15) is 11.5 Å². The molecule has 2 aromatic rings. The van der Waals surface area contributed by atoms with E-state index in [-0.39, 0.29) is 0 Å². The lowest BCUT2D eigenvalue weighted by molar-refractivity contribution is 0.414. The number of halogens is 2. The van der Waals surface area contributed by atoms with Gasteiger partial charge in [-0.15, -0.1) is 10.2 Å². The molecule has 0 unspecified atom stereocenters. The van der Waals surface area contributed by atoms with E-state index in [1.54, 1.807) is 12.1 Å². The van der Waals surface area contributed by atoms with Gasteiger partial charge in [-0.3, -0.25) is 0 Å². The quantitative estimate of drug-likeness (QED) is 0.860. The highest BCUT2D eigenvalue weighted by Gasteiger charge is 2.08. The number of rotatable bonds is 5. The maximum Gasteiger partial charge on any atom is 0.276 e. The highest BCUT2D eigenvalue weighted by atomic mass is 35.5. The Kier molecular flexibility index (Phi) is 4.88. The van der Waals surface area contributed by atoms with E-state index >= 15 is 0 Å². The molecule has 0 saturated heterocycles. The van der Waals surface area contributed by atoms with Crippen molar-refractivity contribution >= 4 is 35.0 Å². The van der Waals surface area contributed by atoms with Crippen molar-refractivity contribution in [2.75, 3.05) is 6.54 Å². The fourth-order valence-electron chi connectivity index (χ4n) is 1.30. The molecular weight excluding hydrogens is 293 g/mol. The first-order chi connectivity index (χ1) is 8.69. The van der Waals surface area contributed by atoms with Gasteiger partial charge in [0.25, 0.3) is 5.22 Å². The number of nitrogens with zero attached hydrogens (tertiary/aromatic N) is 2. The van der Waals surface area contributed by atoms with Crippen LogP contribution in [0.4, 0.5) is 0 Å². The zero-order valence-electron chi connectivity index (χ0n) is 9.40. The molecule has 0 radical (unpaired) electrons. The summed E-state index contributed by atoms with van der Waals surface area (Å²) in [5, 5.41) is 9.58. The molecule has 0 amide bonds. The Morgan fingerprint density at radius 1 is 1.28 bits per heavy atom. The number of aromatic nitrogens is 2. The van der Waals surface area contributed by atoms with Crippen LogP contribution >= 0.6 is 35.0 Å². The Bertz CT molecular complexity index is 533. The van der Waals surface area contributed by atoms with Crippen LogP contribution in [0.25, 0.3) is 0 Å². The highest BCUT2D eigenvalue weighted by molar-refractivity contribution is 7.98. The average molecular weight is 304 g/mol. The molecule has 0 spiro atoms. The Hall–Kier alpha value is -0.750. The van der Waals surface area contributed by atoms with Crippen molar-refractivity contribution in [3.05, 3.63) is 39.7 Å². The smallest absolute Gasteiger partial charge is 0.276 e. The normalized spacial score (nSPS) is 10.8. The predicted octanol–water partition coefficient (Wildman–Crippen LogP) is 3.17. The van der Waals surface area contributed by atoms with E-state index in [0.717, 1.165) is 5.56 Å². The minimum absolute atomic E-state index is 0.495. The van der Waals surface area contributed by atoms with Crippen molar-refractivity contribution in [2.24, 2.45) is 5.73 Å². The second-order valence-electron chi connectivity index (χ2n) is 3.52. The lowest BCUT2D eigenvalue weighted by atomic mass is 10.2. The van der Waals surface area contributed by atoms with Gasteiger partial charge in [0.2, 0.25) is 5.89 Å². The fraction of sp³-hybridized carbons (Fsp3) is 0.273. The molecule has 96 valence electrons. The molecule has 18 heavy (non-hydrogen) atoms. The van der Waals surface area contributed by atoms with E-state index in [0.29, 0.717) is 39.9 Å². The first-order valence-electron chi connectivity index (χ1n) is 5.28. The third-order valence-corrected chi connectivity index (χ3v) is 3.63. The van der Waals surface area contributed by atoms with Gasteiger partial charge in [0.05, 0.1) is 0 Å². The molecule has 0 aliphatic heterocycles. The van der Waals surface area contributed by atoms with Gasteiger partial charge < -0.3 is 10.2 Å². The molecule has 2 N–H and O–H groups in total. The summed E-state index contributed by atoms with van der Waals surface area (Å²) in [7, 11) is 0. The largest absolute Gasteiger partial charge is 0.416 e. The van der Waals surface area contributed by atoms with Gasteiger partial charge in [-0.2, -0.15) is 0 Å². The number of nitrogens with two attached hydrogens (primary N) is 1. The molecule has 0 aliphatic carbocycles. The van der Waals surface area contributed by atoms with Gasteiger partial charge in [-0.25, -0.2) is 0 Å². The van der Waals surface area contributed by atoms with Crippen LogP contribution in [-0.4, -0.2) is 16.7 Å². The van der Waals surface area contributed by atoms with E-state index < -0.39 is 0 Å². The second-order valence-corrected chi connectivity index (χ2v) is 5.30. The summed E-state index contributed by atoms with van der Waals surface area (Å²) in [6.07, 6.45) is 0.593. The van der Waals surface area contributed by atoms with Crippen LogP contribution in [-0.2, 0) is 12.2 Å². The standard InChI is InChI=1S/C11H11Cl2N3OS/c12-8-2-1-7(9(13)5-8)6-18-11-16-15-10(17-11)3-4-14/h1-2,5H,3-4,6,14H2. The van der Waals surface area contributed by atoms with Crippen molar-refractivity contribution in [2.45, 2.75) is 17.4 Å². The van der Waals surface area contributed by atoms with Crippen LogP contribution in [0.2, 0.25) is 10.0 Å². The van der Waals surface area contributed by atoms with E-state index in [4.69, 9.17) is 33.4 Å². The van der Waals surface area contributed by atoms with Crippen molar-refractivity contribution in [3.63, 3.8) is 0 Å². The SMILES string of the molecule is NCCc1nnc(SCc2ccc(Cl)cc2Cl)o1. The maximum absolute atomic E-state index is 6.07. The third-order valence-electron chi connectivity index (χ3n) is 2.17. The van der Waals surface area contributed by atoms with E-state index in [2.05, 4.69) is 10.2 Å². The fourth-order valence-corrected chi connectivity index (χ4v) is 2.64. The summed E-state index contributed by atoms with van der Waals surface area (Å²) in [6, 6.07) is 5.40. The molecule has 0 saturated carbocycles. The Balaban J connectivity index is 1.97. The van der Waals surface area contributed by atoms with Gasteiger partial charge in [-0.05, 0) is 17.7 Å². The minimum atomic E-state index is 0.495. The monoisotopic (exact) mass is 303 g/mol. The van der Waals surface area contributed by atoms with E-state index in [1.165, 1.54) is 11.8 Å². The minimum Gasteiger partial charge on any atom is -0.416 e. The summed E-state index contributed by atoms with van der Waals surface area (Å²) in [4.78, 5) is 0. The van der Waals surface area contributed by atoms with Gasteiger partial charge in [-0.1, -0.05) is 41.0 Å². The number of hydrogen-bond acceptors (Lipinski definition) is 5. The third kappa shape index (κ3) is 3.62. The van der Waals surface area contributed by atoms with Crippen LogP contribution in [0, 0.1) is 0 Å². The van der Waals surface area contributed by atoms with Crippen LogP contribution in [0.3, 0.4) is 0 Å². The molecule has 7 heteroatoms. The van der Waals surface area contributed by atoms with E-state index in [9.17, 15) is 0 Å². The van der Waals surface area contributed by atoms with Crippen molar-refractivity contribution in [3.8, 4) is 0 Å². The lowest BCUT2D eigenvalue weighted by Gasteiger charge is -2.02. The first-order valence-corrected chi connectivity index (χ1v) is 7.02. The summed E-state index contributed by atoms with van der Waals surface area (Å²) in [6.45, 7) is 0.495. The zero-order valence-corrected chi connectivity index (χ0v) is 11.7. The summed E-state index contributed by atoms with van der Waals surface area (Å²) in [5.74, 6) is 1.21. The van der Waals surface area contributed by atoms with Gasteiger partial charge in [0, 0.05) is 28.8 Å². The topological polar surface area (TPSA) is 64.9 Å². The molecule has 0 aliphatic rings. The van der Waals surface area contributed by atoms with Gasteiger partial charge in [0.15, 0.2) is 0 Å². The number of benzene rings is 1. The van der Waals surface area contributed by atoms with E-state index in [1.807, 2.05) is 6.07 Å². The predicted molar refractivity (Wildman–Crippen MR) is 73.1 cm³/mol. The second kappa shape index (κ2) is 6.43. The summed E-state index contributed by atoms with van der Waals surface area (Å²) < 4.78 is 5.40. The van der Waals surface area contributed by atoms with Gasteiger partial charge >= 0.3 is 0 Å².